The van der Waals surface area contributed by atoms with Gasteiger partial charge in [0, 0.05) is 12.2 Å². The quantitative estimate of drug-likeness (QED) is 0.637. The second kappa shape index (κ2) is 8.11. The van der Waals surface area contributed by atoms with Crippen LogP contribution in [-0.4, -0.2) is 25.2 Å². The molecule has 1 amide bonds. The predicted octanol–water partition coefficient (Wildman–Crippen LogP) is 2.61. The number of hydrogen-bond acceptors (Lipinski definition) is 3. The molecule has 5 nitrogen and oxygen atoms in total. The number of hydrogen-bond donors (Lipinski definition) is 2. The Bertz CT molecular complexity index is 390. The largest absolute Gasteiger partial charge is 0.450 e. The summed E-state index contributed by atoms with van der Waals surface area (Å²) in [6.07, 6.45) is 0.403. The molecule has 0 radical (unpaired) electrons. The number of nitrogens with one attached hydrogen (secondary N) is 2. The molecule has 0 fully saturated rings. The van der Waals surface area contributed by atoms with Gasteiger partial charge < -0.3 is 10.1 Å². The van der Waals surface area contributed by atoms with Crippen LogP contribution in [0, 0.1) is 0 Å². The average Bonchev–Trinajstić information content (AvgIpc) is 2.37. The molecule has 0 aliphatic rings. The summed E-state index contributed by atoms with van der Waals surface area (Å²) < 4.78 is 4.82. The smallest absolute Gasteiger partial charge is 0.413 e. The van der Waals surface area contributed by atoms with E-state index in [-0.39, 0.29) is 0 Å². The monoisotopic (exact) mass is 249 g/mol. The van der Waals surface area contributed by atoms with Gasteiger partial charge in [-0.1, -0.05) is 25.1 Å². The summed E-state index contributed by atoms with van der Waals surface area (Å²) in [6, 6.07) is 9.53. The minimum absolute atomic E-state index is 0.332. The van der Waals surface area contributed by atoms with E-state index < -0.39 is 6.09 Å². The van der Waals surface area contributed by atoms with Crippen LogP contribution >= 0.6 is 0 Å². The van der Waals surface area contributed by atoms with Crippen molar-refractivity contribution in [2.45, 2.75) is 20.3 Å². The van der Waals surface area contributed by atoms with Crippen LogP contribution in [0.4, 0.5) is 10.5 Å². The number of nitrogens with zero attached hydrogens (tertiary/aromatic N) is 1. The molecule has 2 N–H and O–H groups in total. The molecule has 1 rings (SSSR count). The Balaban J connectivity index is 2.64. The lowest BCUT2D eigenvalue weighted by Gasteiger charge is -2.11. The molecule has 0 unspecified atom stereocenters. The average molecular weight is 249 g/mol. The van der Waals surface area contributed by atoms with E-state index in [9.17, 15) is 4.79 Å². The second-order valence-electron chi connectivity index (χ2n) is 3.57. The summed E-state index contributed by atoms with van der Waals surface area (Å²) in [5.41, 5.74) is 0.865. The van der Waals surface area contributed by atoms with Crippen molar-refractivity contribution in [3.8, 4) is 0 Å². The number of ether oxygens (including phenoxy) is 1. The summed E-state index contributed by atoms with van der Waals surface area (Å²) in [6.45, 7) is 4.75. The van der Waals surface area contributed by atoms with Gasteiger partial charge in [-0.3, -0.25) is 10.3 Å². The maximum atomic E-state index is 11.4. The normalized spacial score (nSPS) is 10.9. The molecule has 5 heteroatoms. The van der Waals surface area contributed by atoms with Crippen molar-refractivity contribution in [1.29, 1.82) is 0 Å². The fourth-order valence-corrected chi connectivity index (χ4v) is 1.26. The van der Waals surface area contributed by atoms with E-state index in [1.807, 2.05) is 37.3 Å². The molecule has 0 spiro atoms. The number of guanidine groups is 1. The zero-order chi connectivity index (χ0) is 13.2. The molecule has 0 aromatic heterocycles. The number of carbonyl (C=O) groups excluding carboxylic acids is 1. The molecule has 0 aliphatic carbocycles. The van der Waals surface area contributed by atoms with Crippen LogP contribution in [0.15, 0.2) is 35.3 Å². The summed E-state index contributed by atoms with van der Waals surface area (Å²) in [5.74, 6) is 0.404. The number of anilines is 1. The summed E-state index contributed by atoms with van der Waals surface area (Å²) in [7, 11) is 0. The highest BCUT2D eigenvalue weighted by Crippen LogP contribution is 2.04. The summed E-state index contributed by atoms with van der Waals surface area (Å²) >= 11 is 0. The first-order valence-corrected chi connectivity index (χ1v) is 6.06. The first-order chi connectivity index (χ1) is 8.76. The standard InChI is InChI=1S/C13H19N3O2/c1-3-10-14-12(16-13(17)18-4-2)15-11-8-6-5-7-9-11/h5-9H,3-4,10H2,1-2H3,(H2,14,15,16,17). The fraction of sp³-hybridized carbons (Fsp3) is 0.385. The van der Waals surface area contributed by atoms with Gasteiger partial charge >= 0.3 is 6.09 Å². The summed E-state index contributed by atoms with van der Waals surface area (Å²) in [4.78, 5) is 15.6. The molecule has 98 valence electrons. The van der Waals surface area contributed by atoms with Crippen molar-refractivity contribution in [2.24, 2.45) is 4.99 Å². The molecule has 0 saturated heterocycles. The van der Waals surface area contributed by atoms with E-state index in [2.05, 4.69) is 15.6 Å². The van der Waals surface area contributed by atoms with Gasteiger partial charge in [-0.2, -0.15) is 0 Å². The minimum Gasteiger partial charge on any atom is -0.450 e. The third kappa shape index (κ3) is 5.34. The highest BCUT2D eigenvalue weighted by atomic mass is 16.5. The van der Waals surface area contributed by atoms with Crippen LogP contribution in [0.2, 0.25) is 0 Å². The van der Waals surface area contributed by atoms with Crippen molar-refractivity contribution in [3.05, 3.63) is 30.3 Å². The topological polar surface area (TPSA) is 62.7 Å². The Labute approximate surface area is 107 Å². The molecular formula is C13H19N3O2. The number of alkyl carbamates (subject to hydrolysis) is 1. The molecule has 18 heavy (non-hydrogen) atoms. The second-order valence-corrected chi connectivity index (χ2v) is 3.57. The highest BCUT2D eigenvalue weighted by molar-refractivity contribution is 6.02. The number of benzene rings is 1. The first kappa shape index (κ1) is 14.0. The highest BCUT2D eigenvalue weighted by Gasteiger charge is 2.06. The molecule has 0 aliphatic heterocycles. The lowest BCUT2D eigenvalue weighted by atomic mass is 10.3. The zero-order valence-electron chi connectivity index (χ0n) is 10.8. The van der Waals surface area contributed by atoms with Crippen LogP contribution in [0.1, 0.15) is 20.3 Å². The van der Waals surface area contributed by atoms with Crippen molar-refractivity contribution < 1.29 is 9.53 Å². The first-order valence-electron chi connectivity index (χ1n) is 6.06. The Kier molecular flexibility index (Phi) is 6.32. The third-order valence-electron chi connectivity index (χ3n) is 2.03. The van der Waals surface area contributed by atoms with E-state index in [0.717, 1.165) is 12.1 Å². The van der Waals surface area contributed by atoms with E-state index in [1.54, 1.807) is 6.92 Å². The van der Waals surface area contributed by atoms with Gasteiger partial charge in [-0.15, -0.1) is 0 Å². The number of carbonyl (C=O) groups is 1. The van der Waals surface area contributed by atoms with Crippen molar-refractivity contribution in [2.75, 3.05) is 18.5 Å². The number of rotatable bonds is 4. The van der Waals surface area contributed by atoms with Crippen LogP contribution in [0.5, 0.6) is 0 Å². The van der Waals surface area contributed by atoms with Crippen molar-refractivity contribution in [3.63, 3.8) is 0 Å². The Morgan fingerprint density at radius 1 is 1.28 bits per heavy atom. The Morgan fingerprint density at radius 3 is 2.61 bits per heavy atom. The van der Waals surface area contributed by atoms with Gasteiger partial charge in [0.05, 0.1) is 6.61 Å². The van der Waals surface area contributed by atoms with Crippen LogP contribution in [-0.2, 0) is 4.74 Å². The Hall–Kier alpha value is -2.04. The van der Waals surface area contributed by atoms with E-state index in [4.69, 9.17) is 4.74 Å². The van der Waals surface area contributed by atoms with Gasteiger partial charge in [0.1, 0.15) is 0 Å². The molecule has 1 aromatic carbocycles. The molecular weight excluding hydrogens is 230 g/mol. The number of para-hydroxylation sites is 1. The van der Waals surface area contributed by atoms with Gasteiger partial charge in [0.15, 0.2) is 0 Å². The van der Waals surface area contributed by atoms with Gasteiger partial charge in [-0.05, 0) is 25.5 Å². The van der Waals surface area contributed by atoms with Gasteiger partial charge in [-0.25, -0.2) is 4.79 Å². The molecule has 1 aromatic rings. The van der Waals surface area contributed by atoms with Gasteiger partial charge in [0.2, 0.25) is 5.96 Å². The lowest BCUT2D eigenvalue weighted by Crippen LogP contribution is -2.36. The number of aliphatic imine (C=N–C) groups is 1. The van der Waals surface area contributed by atoms with Crippen molar-refractivity contribution >= 4 is 17.7 Å². The SMILES string of the molecule is CCCN=C(NC(=O)OCC)Nc1ccccc1. The molecule has 0 saturated carbocycles. The number of amides is 1. The zero-order valence-corrected chi connectivity index (χ0v) is 10.8. The Morgan fingerprint density at radius 2 is 2.00 bits per heavy atom. The molecule has 0 heterocycles. The lowest BCUT2D eigenvalue weighted by molar-refractivity contribution is 0.158. The van der Waals surface area contributed by atoms with E-state index in [1.165, 1.54) is 0 Å². The van der Waals surface area contributed by atoms with Crippen molar-refractivity contribution in [1.82, 2.24) is 5.32 Å². The molecule has 0 atom stereocenters. The van der Waals surface area contributed by atoms with Crippen LogP contribution in [0.25, 0.3) is 0 Å². The maximum Gasteiger partial charge on any atom is 0.413 e. The predicted molar refractivity (Wildman–Crippen MR) is 72.8 cm³/mol. The summed E-state index contributed by atoms with van der Waals surface area (Å²) in [5, 5.41) is 5.62. The van der Waals surface area contributed by atoms with E-state index in [0.29, 0.717) is 19.1 Å². The minimum atomic E-state index is -0.504. The van der Waals surface area contributed by atoms with E-state index >= 15 is 0 Å². The molecule has 0 bridgehead atoms. The maximum absolute atomic E-state index is 11.4. The van der Waals surface area contributed by atoms with Crippen LogP contribution < -0.4 is 10.6 Å². The van der Waals surface area contributed by atoms with Crippen LogP contribution in [0.3, 0.4) is 0 Å². The third-order valence-corrected chi connectivity index (χ3v) is 2.03. The van der Waals surface area contributed by atoms with Gasteiger partial charge in [0.25, 0.3) is 0 Å². The fourth-order valence-electron chi connectivity index (χ4n) is 1.26.